The maximum atomic E-state index is 14.2. The molecule has 1 atom stereocenters. The Morgan fingerprint density at radius 2 is 1.61 bits per heavy atom. The highest BCUT2D eigenvalue weighted by Gasteiger charge is 2.34. The summed E-state index contributed by atoms with van der Waals surface area (Å²) in [6, 6.07) is 19.9. The van der Waals surface area contributed by atoms with Crippen molar-refractivity contribution >= 4 is 50.7 Å². The van der Waals surface area contributed by atoms with Crippen molar-refractivity contribution in [2.45, 2.75) is 45.3 Å². The number of hydrogen-bond donors (Lipinski definition) is 1. The van der Waals surface area contributed by atoms with Crippen LogP contribution >= 0.6 is 23.2 Å². The fourth-order valence-electron chi connectivity index (χ4n) is 4.25. The molecular formula is C30H35Cl2N3O5S. The lowest BCUT2D eigenvalue weighted by molar-refractivity contribution is -0.140. The summed E-state index contributed by atoms with van der Waals surface area (Å²) < 4.78 is 32.1. The maximum Gasteiger partial charge on any atom is 0.244 e. The average Bonchev–Trinajstić information content (AvgIpc) is 2.89. The van der Waals surface area contributed by atoms with Crippen LogP contribution in [0.1, 0.15) is 31.9 Å². The second-order valence-corrected chi connectivity index (χ2v) is 13.4. The van der Waals surface area contributed by atoms with Crippen LogP contribution in [0.3, 0.4) is 0 Å². The number of methoxy groups -OCH3 is 1. The van der Waals surface area contributed by atoms with Crippen molar-refractivity contribution in [3.63, 3.8) is 0 Å². The van der Waals surface area contributed by atoms with Crippen molar-refractivity contribution in [1.29, 1.82) is 0 Å². The smallest absolute Gasteiger partial charge is 0.244 e. The number of carbonyl (C=O) groups is 2. The topological polar surface area (TPSA) is 96.0 Å². The summed E-state index contributed by atoms with van der Waals surface area (Å²) in [7, 11) is -2.44. The molecular weight excluding hydrogens is 585 g/mol. The van der Waals surface area contributed by atoms with Crippen LogP contribution in [0, 0.1) is 0 Å². The van der Waals surface area contributed by atoms with E-state index in [-0.39, 0.29) is 34.6 Å². The number of halogens is 2. The Kier molecular flexibility index (Phi) is 10.7. The summed E-state index contributed by atoms with van der Waals surface area (Å²) in [6.07, 6.45) is 1.19. The normalized spacial score (nSPS) is 12.4. The number of hydrogen-bond acceptors (Lipinski definition) is 5. The van der Waals surface area contributed by atoms with Crippen molar-refractivity contribution in [1.82, 2.24) is 10.2 Å². The Morgan fingerprint density at radius 1 is 0.951 bits per heavy atom. The molecule has 0 heterocycles. The lowest BCUT2D eigenvalue weighted by atomic mass is 10.0. The molecule has 0 aliphatic rings. The van der Waals surface area contributed by atoms with Crippen LogP contribution in [0.15, 0.2) is 72.8 Å². The van der Waals surface area contributed by atoms with Gasteiger partial charge in [-0.1, -0.05) is 65.7 Å². The molecule has 0 bridgehead atoms. The minimum atomic E-state index is -3.98. The van der Waals surface area contributed by atoms with Gasteiger partial charge in [0.2, 0.25) is 21.8 Å². The van der Waals surface area contributed by atoms with Gasteiger partial charge in [-0.05, 0) is 62.2 Å². The van der Waals surface area contributed by atoms with E-state index in [9.17, 15) is 18.0 Å². The van der Waals surface area contributed by atoms with Gasteiger partial charge in [-0.25, -0.2) is 8.42 Å². The average molecular weight is 621 g/mol. The lowest BCUT2D eigenvalue weighted by Crippen LogP contribution is -2.56. The van der Waals surface area contributed by atoms with Gasteiger partial charge in [0.1, 0.15) is 18.3 Å². The van der Waals surface area contributed by atoms with Gasteiger partial charge in [-0.2, -0.15) is 0 Å². The molecule has 0 aliphatic carbocycles. The van der Waals surface area contributed by atoms with Gasteiger partial charge in [0.05, 0.1) is 24.1 Å². The molecule has 0 saturated carbocycles. The number of ether oxygens (including phenoxy) is 1. The monoisotopic (exact) mass is 619 g/mol. The summed E-state index contributed by atoms with van der Waals surface area (Å²) in [5, 5.41) is 3.35. The zero-order valence-corrected chi connectivity index (χ0v) is 26.1. The molecule has 41 heavy (non-hydrogen) atoms. The molecule has 1 N–H and O–H groups in total. The van der Waals surface area contributed by atoms with Gasteiger partial charge in [-0.15, -0.1) is 0 Å². The van der Waals surface area contributed by atoms with Crippen molar-refractivity contribution in [3.8, 4) is 5.75 Å². The number of anilines is 1. The van der Waals surface area contributed by atoms with E-state index in [0.717, 1.165) is 16.1 Å². The zero-order chi connectivity index (χ0) is 30.4. The Bertz CT molecular complexity index is 1480. The Morgan fingerprint density at radius 3 is 2.22 bits per heavy atom. The van der Waals surface area contributed by atoms with Gasteiger partial charge < -0.3 is 15.0 Å². The highest BCUT2D eigenvalue weighted by Crippen LogP contribution is 2.31. The molecule has 0 radical (unpaired) electrons. The molecule has 2 amide bonds. The molecule has 0 spiro atoms. The molecule has 3 aromatic rings. The highest BCUT2D eigenvalue weighted by molar-refractivity contribution is 7.92. The fourth-order valence-corrected chi connectivity index (χ4v) is 5.54. The second kappa shape index (κ2) is 13.6. The fraction of sp³-hybridized carbons (Fsp3) is 0.333. The van der Waals surface area contributed by atoms with E-state index in [1.807, 2.05) is 57.2 Å². The largest absolute Gasteiger partial charge is 0.497 e. The van der Waals surface area contributed by atoms with Gasteiger partial charge in [0, 0.05) is 23.5 Å². The van der Waals surface area contributed by atoms with Crippen LogP contribution in [0.25, 0.3) is 0 Å². The third-order valence-electron chi connectivity index (χ3n) is 6.11. The third-order valence-corrected chi connectivity index (χ3v) is 7.79. The van der Waals surface area contributed by atoms with E-state index in [4.69, 9.17) is 27.9 Å². The standard InChI is InChI=1S/C30H35Cl2N3O5S/c1-30(2,3)33-29(37)27(17-21-10-7-6-8-11-21)34(19-22-12-9-13-24(16-22)40-4)28(36)20-35(41(5,38)39)26-18-23(31)14-15-25(26)32/h6-16,18,27H,17,19-20H2,1-5H3,(H,33,37)/t27-/m0/s1. The molecule has 3 rings (SSSR count). The molecule has 3 aromatic carbocycles. The number of amides is 2. The van der Waals surface area contributed by atoms with Crippen LogP contribution in [0.5, 0.6) is 5.75 Å². The molecule has 0 aliphatic heterocycles. The van der Waals surface area contributed by atoms with Gasteiger partial charge in [0.15, 0.2) is 0 Å². The van der Waals surface area contributed by atoms with Crippen LogP contribution in [-0.4, -0.2) is 56.6 Å². The first-order valence-corrected chi connectivity index (χ1v) is 15.5. The minimum Gasteiger partial charge on any atom is -0.497 e. The Hall–Kier alpha value is -3.27. The first-order valence-electron chi connectivity index (χ1n) is 12.9. The van der Waals surface area contributed by atoms with Crippen molar-refractivity contribution in [2.75, 3.05) is 24.2 Å². The maximum absolute atomic E-state index is 14.2. The van der Waals surface area contributed by atoms with Crippen LogP contribution in [0.4, 0.5) is 5.69 Å². The molecule has 0 saturated heterocycles. The zero-order valence-electron chi connectivity index (χ0n) is 23.7. The molecule has 0 unspecified atom stereocenters. The second-order valence-electron chi connectivity index (χ2n) is 10.7. The molecule has 11 heteroatoms. The Balaban J connectivity index is 2.11. The highest BCUT2D eigenvalue weighted by atomic mass is 35.5. The van der Waals surface area contributed by atoms with E-state index in [1.54, 1.807) is 18.2 Å². The van der Waals surface area contributed by atoms with E-state index < -0.39 is 34.1 Å². The molecule has 0 aromatic heterocycles. The molecule has 0 fully saturated rings. The summed E-state index contributed by atoms with van der Waals surface area (Å²) >= 11 is 12.5. The molecule has 8 nitrogen and oxygen atoms in total. The molecule has 220 valence electrons. The SMILES string of the molecule is COc1cccc(CN(C(=O)CN(c2cc(Cl)ccc2Cl)S(C)(=O)=O)[C@@H](Cc2ccccc2)C(=O)NC(C)(C)C)c1. The summed E-state index contributed by atoms with van der Waals surface area (Å²) in [4.78, 5) is 29.3. The summed E-state index contributed by atoms with van der Waals surface area (Å²) in [5.41, 5.74) is 1.02. The van der Waals surface area contributed by atoms with Crippen molar-refractivity contribution in [3.05, 3.63) is 94.0 Å². The first-order chi connectivity index (χ1) is 19.2. The van der Waals surface area contributed by atoms with Crippen LogP contribution in [0.2, 0.25) is 10.0 Å². The predicted molar refractivity (Wildman–Crippen MR) is 164 cm³/mol. The van der Waals surface area contributed by atoms with Gasteiger partial charge in [-0.3, -0.25) is 13.9 Å². The first kappa shape index (κ1) is 32.2. The van der Waals surface area contributed by atoms with Crippen molar-refractivity contribution < 1.29 is 22.7 Å². The van der Waals surface area contributed by atoms with E-state index >= 15 is 0 Å². The van der Waals surface area contributed by atoms with Crippen LogP contribution < -0.4 is 14.4 Å². The minimum absolute atomic E-state index is 0.0198. The van der Waals surface area contributed by atoms with Crippen LogP contribution in [-0.2, 0) is 32.6 Å². The number of rotatable bonds is 11. The lowest BCUT2D eigenvalue weighted by Gasteiger charge is -2.35. The third kappa shape index (κ3) is 9.38. The van der Waals surface area contributed by atoms with Gasteiger partial charge in [0.25, 0.3) is 0 Å². The Labute approximate surface area is 252 Å². The van der Waals surface area contributed by atoms with Gasteiger partial charge >= 0.3 is 0 Å². The number of benzene rings is 3. The van der Waals surface area contributed by atoms with E-state index in [2.05, 4.69) is 5.32 Å². The quantitative estimate of drug-likeness (QED) is 0.313. The van der Waals surface area contributed by atoms with E-state index in [0.29, 0.717) is 11.3 Å². The number of nitrogens with one attached hydrogen (secondary N) is 1. The number of carbonyl (C=O) groups excluding carboxylic acids is 2. The summed E-state index contributed by atoms with van der Waals surface area (Å²) in [6.45, 7) is 4.98. The predicted octanol–water partition coefficient (Wildman–Crippen LogP) is 5.32. The number of nitrogens with zero attached hydrogens (tertiary/aromatic N) is 2. The van der Waals surface area contributed by atoms with Crippen molar-refractivity contribution in [2.24, 2.45) is 0 Å². The number of sulfonamides is 1. The summed E-state index contributed by atoms with van der Waals surface area (Å²) in [5.74, 6) is -0.388. The van der Waals surface area contributed by atoms with E-state index in [1.165, 1.54) is 30.2 Å².